The van der Waals surface area contributed by atoms with Crippen LogP contribution in [-0.2, 0) is 0 Å². The van der Waals surface area contributed by atoms with Crippen LogP contribution < -0.4 is 11.1 Å². The van der Waals surface area contributed by atoms with Gasteiger partial charge in [0.2, 0.25) is 0 Å². The molecule has 3 N–H and O–H groups in total. The first-order chi connectivity index (χ1) is 9.94. The molecule has 3 aromatic rings. The second-order valence-electron chi connectivity index (χ2n) is 4.85. The lowest BCUT2D eigenvalue weighted by atomic mass is 10.2. The summed E-state index contributed by atoms with van der Waals surface area (Å²) in [5.74, 6) is 0. The van der Waals surface area contributed by atoms with Gasteiger partial charge in [-0.15, -0.1) is 11.3 Å². The molecule has 0 fully saturated rings. The number of hydrogen-bond donors (Lipinski definition) is 2. The van der Waals surface area contributed by atoms with Crippen LogP contribution in [0.4, 0.5) is 17.1 Å². The highest BCUT2D eigenvalue weighted by atomic mass is 79.9. The Labute approximate surface area is 140 Å². The van der Waals surface area contributed by atoms with Gasteiger partial charge >= 0.3 is 0 Å². The Morgan fingerprint density at radius 3 is 2.71 bits per heavy atom. The minimum Gasteiger partial charge on any atom is -0.397 e. The van der Waals surface area contributed by atoms with Crippen molar-refractivity contribution in [2.45, 2.75) is 13.8 Å². The van der Waals surface area contributed by atoms with E-state index in [1.54, 1.807) is 11.3 Å². The Bertz CT molecular complexity index is 845. The topological polar surface area (TPSA) is 50.9 Å². The first-order valence-corrected chi connectivity index (χ1v) is 8.32. The number of nitrogen functional groups attached to an aromatic ring is 1. The molecule has 0 unspecified atom stereocenters. The Balaban J connectivity index is 2.05. The average molecular weight is 383 g/mol. The standard InChI is InChI=1S/C15H13BrClN3S/c1-7-3-9(16)12(4-10(7)17)20-13-6-14-15(5-11(13)18)21-8(2)19-14/h3-6,20H,18H2,1-2H3. The molecule has 0 aliphatic carbocycles. The minimum absolute atomic E-state index is 0.690. The number of anilines is 3. The van der Waals surface area contributed by atoms with Crippen LogP contribution >= 0.6 is 38.9 Å². The van der Waals surface area contributed by atoms with Crippen LogP contribution in [-0.4, -0.2) is 4.98 Å². The Kier molecular flexibility index (Phi) is 3.82. The smallest absolute Gasteiger partial charge is 0.0907 e. The fourth-order valence-corrected chi connectivity index (χ4v) is 3.68. The van der Waals surface area contributed by atoms with Gasteiger partial charge in [-0.25, -0.2) is 4.98 Å². The van der Waals surface area contributed by atoms with E-state index in [1.165, 1.54) is 0 Å². The van der Waals surface area contributed by atoms with E-state index in [2.05, 4.69) is 26.2 Å². The molecule has 1 aromatic heterocycles. The number of benzene rings is 2. The summed E-state index contributed by atoms with van der Waals surface area (Å²) in [4.78, 5) is 4.50. The molecule has 108 valence electrons. The maximum Gasteiger partial charge on any atom is 0.0907 e. The number of nitrogens with one attached hydrogen (secondary N) is 1. The first-order valence-electron chi connectivity index (χ1n) is 6.33. The van der Waals surface area contributed by atoms with Crippen LogP contribution in [0.2, 0.25) is 5.02 Å². The summed E-state index contributed by atoms with van der Waals surface area (Å²) in [7, 11) is 0. The van der Waals surface area contributed by atoms with Crippen molar-refractivity contribution in [1.82, 2.24) is 4.98 Å². The average Bonchev–Trinajstić information content (AvgIpc) is 2.75. The molecule has 0 spiro atoms. The molecule has 0 bridgehead atoms. The van der Waals surface area contributed by atoms with Crippen molar-refractivity contribution in [1.29, 1.82) is 0 Å². The normalized spacial score (nSPS) is 11.0. The van der Waals surface area contributed by atoms with E-state index in [-0.39, 0.29) is 0 Å². The number of fused-ring (bicyclic) bond motifs is 1. The summed E-state index contributed by atoms with van der Waals surface area (Å²) < 4.78 is 2.04. The highest BCUT2D eigenvalue weighted by molar-refractivity contribution is 9.10. The zero-order valence-electron chi connectivity index (χ0n) is 11.5. The second-order valence-corrected chi connectivity index (χ2v) is 7.34. The quantitative estimate of drug-likeness (QED) is 0.563. The summed E-state index contributed by atoms with van der Waals surface area (Å²) in [5.41, 5.74) is 10.5. The molecule has 3 rings (SSSR count). The third kappa shape index (κ3) is 2.86. The van der Waals surface area contributed by atoms with E-state index in [9.17, 15) is 0 Å². The Morgan fingerprint density at radius 2 is 1.95 bits per heavy atom. The number of nitrogens with two attached hydrogens (primary N) is 1. The minimum atomic E-state index is 0.690. The van der Waals surface area contributed by atoms with Crippen molar-refractivity contribution < 1.29 is 0 Å². The van der Waals surface area contributed by atoms with E-state index >= 15 is 0 Å². The number of halogens is 2. The molecular formula is C15H13BrClN3S. The third-order valence-electron chi connectivity index (χ3n) is 3.18. The van der Waals surface area contributed by atoms with Crippen LogP contribution in [0.5, 0.6) is 0 Å². The Hall–Kier alpha value is -1.30. The summed E-state index contributed by atoms with van der Waals surface area (Å²) in [6.45, 7) is 3.96. The molecular weight excluding hydrogens is 370 g/mol. The molecule has 21 heavy (non-hydrogen) atoms. The molecule has 0 saturated carbocycles. The molecule has 6 heteroatoms. The number of thiazole rings is 1. The lowest BCUT2D eigenvalue weighted by Crippen LogP contribution is -1.97. The highest BCUT2D eigenvalue weighted by Gasteiger charge is 2.09. The lowest BCUT2D eigenvalue weighted by molar-refractivity contribution is 1.35. The molecule has 2 aromatic carbocycles. The molecule has 0 radical (unpaired) electrons. The first kappa shape index (κ1) is 14.6. The molecule has 0 amide bonds. The van der Waals surface area contributed by atoms with E-state index in [0.29, 0.717) is 10.7 Å². The molecule has 0 aliphatic heterocycles. The van der Waals surface area contributed by atoms with Gasteiger partial charge in [-0.3, -0.25) is 0 Å². The van der Waals surface area contributed by atoms with Gasteiger partial charge in [-0.2, -0.15) is 0 Å². The number of nitrogens with zero attached hydrogens (tertiary/aromatic N) is 1. The van der Waals surface area contributed by atoms with Crippen molar-refractivity contribution in [2.24, 2.45) is 0 Å². The fraction of sp³-hybridized carbons (Fsp3) is 0.133. The maximum atomic E-state index is 6.19. The third-order valence-corrected chi connectivity index (χ3v) is 5.18. The van der Waals surface area contributed by atoms with Crippen LogP contribution in [0.15, 0.2) is 28.7 Å². The molecule has 1 heterocycles. The molecule has 0 saturated heterocycles. The van der Waals surface area contributed by atoms with Gasteiger partial charge in [0.15, 0.2) is 0 Å². The molecule has 0 aliphatic rings. The largest absolute Gasteiger partial charge is 0.397 e. The molecule has 0 atom stereocenters. The summed E-state index contributed by atoms with van der Waals surface area (Å²) >= 11 is 11.4. The monoisotopic (exact) mass is 381 g/mol. The number of hydrogen-bond acceptors (Lipinski definition) is 4. The van der Waals surface area contributed by atoms with Gasteiger partial charge in [0, 0.05) is 9.50 Å². The zero-order chi connectivity index (χ0) is 15.1. The van der Waals surface area contributed by atoms with Gasteiger partial charge < -0.3 is 11.1 Å². The van der Waals surface area contributed by atoms with Crippen molar-refractivity contribution in [3.05, 3.63) is 44.3 Å². The zero-order valence-corrected chi connectivity index (χ0v) is 14.7. The number of aryl methyl sites for hydroxylation is 2. The Morgan fingerprint density at radius 1 is 1.19 bits per heavy atom. The van der Waals surface area contributed by atoms with E-state index in [4.69, 9.17) is 17.3 Å². The maximum absolute atomic E-state index is 6.19. The van der Waals surface area contributed by atoms with E-state index < -0.39 is 0 Å². The van der Waals surface area contributed by atoms with Crippen molar-refractivity contribution in [3.8, 4) is 0 Å². The van der Waals surface area contributed by atoms with Gasteiger partial charge in [0.05, 0.1) is 32.3 Å². The predicted octanol–water partition coefficient (Wildman–Crippen LogP) is 5.65. The summed E-state index contributed by atoms with van der Waals surface area (Å²) in [6, 6.07) is 7.78. The van der Waals surface area contributed by atoms with Crippen LogP contribution in [0.25, 0.3) is 10.2 Å². The lowest BCUT2D eigenvalue weighted by Gasteiger charge is -2.12. The molecule has 3 nitrogen and oxygen atoms in total. The van der Waals surface area contributed by atoms with E-state index in [1.807, 2.05) is 38.1 Å². The van der Waals surface area contributed by atoms with Gasteiger partial charge in [0.1, 0.15) is 0 Å². The van der Waals surface area contributed by atoms with Crippen LogP contribution in [0.1, 0.15) is 10.6 Å². The van der Waals surface area contributed by atoms with Crippen molar-refractivity contribution in [2.75, 3.05) is 11.1 Å². The second kappa shape index (κ2) is 5.48. The fourth-order valence-electron chi connectivity index (χ4n) is 2.10. The van der Waals surface area contributed by atoms with Crippen molar-refractivity contribution in [3.63, 3.8) is 0 Å². The summed E-state index contributed by atoms with van der Waals surface area (Å²) in [6.07, 6.45) is 0. The van der Waals surface area contributed by atoms with E-state index in [0.717, 1.165) is 36.6 Å². The van der Waals surface area contributed by atoms with Crippen LogP contribution in [0.3, 0.4) is 0 Å². The van der Waals surface area contributed by atoms with Gasteiger partial charge in [-0.1, -0.05) is 11.6 Å². The van der Waals surface area contributed by atoms with Crippen LogP contribution in [0, 0.1) is 13.8 Å². The van der Waals surface area contributed by atoms with Crippen molar-refractivity contribution >= 4 is 66.1 Å². The number of aromatic nitrogens is 1. The summed E-state index contributed by atoms with van der Waals surface area (Å²) in [5, 5.41) is 5.06. The number of rotatable bonds is 2. The van der Waals surface area contributed by atoms with Gasteiger partial charge in [-0.05, 0) is 59.6 Å². The predicted molar refractivity (Wildman–Crippen MR) is 95.9 cm³/mol. The highest BCUT2D eigenvalue weighted by Crippen LogP contribution is 2.35. The van der Waals surface area contributed by atoms with Gasteiger partial charge in [0.25, 0.3) is 0 Å². The SMILES string of the molecule is Cc1nc2cc(Nc3cc(Cl)c(C)cc3Br)c(N)cc2s1.